The van der Waals surface area contributed by atoms with Gasteiger partial charge in [0, 0.05) is 0 Å². The summed E-state index contributed by atoms with van der Waals surface area (Å²) < 4.78 is 17.0. The lowest BCUT2D eigenvalue weighted by atomic mass is 9.89. The van der Waals surface area contributed by atoms with Crippen molar-refractivity contribution in [1.29, 1.82) is 0 Å². The molecule has 2 rings (SSSR count). The highest BCUT2D eigenvalue weighted by molar-refractivity contribution is 7.53. The summed E-state index contributed by atoms with van der Waals surface area (Å²) >= 11 is 0. The minimum absolute atomic E-state index is 0.0123. The van der Waals surface area contributed by atoms with Crippen molar-refractivity contribution in [3.63, 3.8) is 0 Å². The minimum Gasteiger partial charge on any atom is -0.424 e. The number of nitrogens with one attached hydrogen (secondary N) is 1. The molecule has 106 valence electrons. The Kier molecular flexibility index (Phi) is 5.44. The monoisotopic (exact) mass is 283 g/mol. The second-order valence-corrected chi connectivity index (χ2v) is 6.93. The van der Waals surface area contributed by atoms with E-state index in [9.17, 15) is 9.46 Å². The largest absolute Gasteiger partial charge is 0.424 e. The molecule has 0 saturated heterocycles. The molecule has 0 amide bonds. The van der Waals surface area contributed by atoms with Crippen molar-refractivity contribution in [1.82, 2.24) is 5.32 Å². The van der Waals surface area contributed by atoms with Gasteiger partial charge in [-0.3, -0.25) is 0 Å². The molecule has 0 radical (unpaired) electrons. The first-order valence-electron chi connectivity index (χ1n) is 6.93. The van der Waals surface area contributed by atoms with Crippen LogP contribution in [0, 0.1) is 5.92 Å². The van der Waals surface area contributed by atoms with Crippen LogP contribution < -0.4 is 9.84 Å². The number of rotatable bonds is 6. The van der Waals surface area contributed by atoms with Gasteiger partial charge in [-0.05, 0) is 37.4 Å². The summed E-state index contributed by atoms with van der Waals surface area (Å²) in [6.45, 7) is 0.808. The summed E-state index contributed by atoms with van der Waals surface area (Å²) in [4.78, 5) is 9.77. The molecule has 0 heterocycles. The molecule has 0 bridgehead atoms. The Morgan fingerprint density at radius 1 is 1.21 bits per heavy atom. The van der Waals surface area contributed by atoms with E-state index < -0.39 is 7.60 Å². The number of benzene rings is 1. The van der Waals surface area contributed by atoms with Crippen molar-refractivity contribution in [2.24, 2.45) is 5.92 Å². The molecule has 1 atom stereocenters. The predicted molar refractivity (Wildman–Crippen MR) is 76.3 cm³/mol. The van der Waals surface area contributed by atoms with E-state index in [2.05, 4.69) is 5.32 Å². The molecule has 4 nitrogen and oxygen atoms in total. The van der Waals surface area contributed by atoms with Gasteiger partial charge in [0.25, 0.3) is 0 Å². The molecule has 1 fully saturated rings. The highest BCUT2D eigenvalue weighted by atomic mass is 31.2. The van der Waals surface area contributed by atoms with Crippen LogP contribution >= 0.6 is 7.60 Å². The van der Waals surface area contributed by atoms with Gasteiger partial charge in [-0.25, -0.2) is 4.57 Å². The Morgan fingerprint density at radius 2 is 1.89 bits per heavy atom. The van der Waals surface area contributed by atoms with Gasteiger partial charge in [0.1, 0.15) is 12.0 Å². The molecule has 1 aromatic carbocycles. The third-order valence-electron chi connectivity index (χ3n) is 3.46. The molecule has 0 spiro atoms. The summed E-state index contributed by atoms with van der Waals surface area (Å²) in [5.41, 5.74) is 0. The number of hydrogen-bond acceptors (Lipinski definition) is 3. The van der Waals surface area contributed by atoms with Gasteiger partial charge in [0.05, 0.1) is 0 Å². The maximum absolute atomic E-state index is 11.9. The normalized spacial score (nSPS) is 19.8. The summed E-state index contributed by atoms with van der Waals surface area (Å²) in [5, 5.41) is 3.08. The van der Waals surface area contributed by atoms with E-state index in [-0.39, 0.29) is 6.29 Å². The van der Waals surface area contributed by atoms with Gasteiger partial charge in [-0.1, -0.05) is 37.5 Å². The first-order chi connectivity index (χ1) is 9.16. The van der Waals surface area contributed by atoms with Gasteiger partial charge in [0.2, 0.25) is 0 Å². The molecule has 0 aliphatic heterocycles. The molecule has 19 heavy (non-hydrogen) atoms. The second-order valence-electron chi connectivity index (χ2n) is 5.16. The fourth-order valence-electron chi connectivity index (χ4n) is 2.48. The second kappa shape index (κ2) is 7.09. The standard InChI is InChI=1S/C14H22NO3P/c16-19(17,18-14-9-5-2-6-10-14)12-15-11-13-7-3-1-4-8-13/h2,5-6,9-10,13,15H,1,3-4,7-8,11-12H2,(H,16,17). The molecular formula is C14H22NO3P. The Hall–Kier alpha value is -0.830. The van der Waals surface area contributed by atoms with E-state index in [1.165, 1.54) is 32.1 Å². The molecule has 1 aliphatic carbocycles. The Bertz CT molecular complexity index is 418. The first-order valence-corrected chi connectivity index (χ1v) is 8.69. The maximum atomic E-state index is 11.9. The van der Waals surface area contributed by atoms with Gasteiger partial charge < -0.3 is 14.7 Å². The van der Waals surface area contributed by atoms with E-state index in [1.807, 2.05) is 6.07 Å². The smallest absolute Gasteiger partial charge is 0.390 e. The average molecular weight is 283 g/mol. The van der Waals surface area contributed by atoms with Gasteiger partial charge in [-0.15, -0.1) is 0 Å². The summed E-state index contributed by atoms with van der Waals surface area (Å²) in [6, 6.07) is 8.78. The molecule has 1 aliphatic rings. The SMILES string of the molecule is O=P(O)(CNCC1CCCCC1)Oc1ccccc1. The Balaban J connectivity index is 1.73. The average Bonchev–Trinajstić information content (AvgIpc) is 2.40. The topological polar surface area (TPSA) is 58.6 Å². The lowest BCUT2D eigenvalue weighted by molar-refractivity contribution is 0.337. The number of hydrogen-bond donors (Lipinski definition) is 2. The highest BCUT2D eigenvalue weighted by Gasteiger charge is 2.21. The van der Waals surface area contributed by atoms with Crippen molar-refractivity contribution in [2.75, 3.05) is 12.8 Å². The van der Waals surface area contributed by atoms with E-state index in [0.717, 1.165) is 6.54 Å². The Morgan fingerprint density at radius 3 is 2.58 bits per heavy atom. The van der Waals surface area contributed by atoms with Crippen molar-refractivity contribution in [2.45, 2.75) is 32.1 Å². The third-order valence-corrected chi connectivity index (χ3v) is 4.58. The zero-order valence-electron chi connectivity index (χ0n) is 11.1. The van der Waals surface area contributed by atoms with Crippen LogP contribution in [0.4, 0.5) is 0 Å². The van der Waals surface area contributed by atoms with Crippen LogP contribution in [-0.2, 0) is 4.57 Å². The van der Waals surface area contributed by atoms with Crippen molar-refractivity contribution >= 4 is 7.60 Å². The van der Waals surface area contributed by atoms with Crippen LogP contribution in [0.5, 0.6) is 5.75 Å². The molecule has 2 N–H and O–H groups in total. The van der Waals surface area contributed by atoms with E-state index in [0.29, 0.717) is 11.7 Å². The van der Waals surface area contributed by atoms with E-state index >= 15 is 0 Å². The minimum atomic E-state index is -3.59. The lowest BCUT2D eigenvalue weighted by Crippen LogP contribution is -2.26. The third kappa shape index (κ3) is 5.35. The van der Waals surface area contributed by atoms with Crippen molar-refractivity contribution in [3.8, 4) is 5.75 Å². The van der Waals surface area contributed by atoms with Crippen LogP contribution in [-0.4, -0.2) is 17.7 Å². The number of para-hydroxylation sites is 1. The first kappa shape index (κ1) is 14.6. The highest BCUT2D eigenvalue weighted by Crippen LogP contribution is 2.41. The lowest BCUT2D eigenvalue weighted by Gasteiger charge is -2.22. The van der Waals surface area contributed by atoms with Gasteiger partial charge in [-0.2, -0.15) is 0 Å². The van der Waals surface area contributed by atoms with Crippen LogP contribution in [0.3, 0.4) is 0 Å². The molecule has 1 saturated carbocycles. The summed E-state index contributed by atoms with van der Waals surface area (Å²) in [7, 11) is -3.59. The molecule has 0 aromatic heterocycles. The van der Waals surface area contributed by atoms with Gasteiger partial charge >= 0.3 is 7.60 Å². The summed E-state index contributed by atoms with van der Waals surface area (Å²) in [5.74, 6) is 1.08. The quantitative estimate of drug-likeness (QED) is 0.786. The van der Waals surface area contributed by atoms with Crippen molar-refractivity contribution in [3.05, 3.63) is 30.3 Å². The zero-order chi connectivity index (χ0) is 13.6. The van der Waals surface area contributed by atoms with Crippen molar-refractivity contribution < 1.29 is 14.0 Å². The van der Waals surface area contributed by atoms with E-state index in [1.54, 1.807) is 24.3 Å². The molecule has 5 heteroatoms. The Labute approximate surface area is 114 Å². The molecule has 1 aromatic rings. The van der Waals surface area contributed by atoms with Crippen LogP contribution in [0.15, 0.2) is 30.3 Å². The van der Waals surface area contributed by atoms with E-state index in [4.69, 9.17) is 4.52 Å². The summed E-state index contributed by atoms with van der Waals surface area (Å²) in [6.07, 6.45) is 6.35. The van der Waals surface area contributed by atoms with Crippen LogP contribution in [0.2, 0.25) is 0 Å². The molecule has 1 unspecified atom stereocenters. The van der Waals surface area contributed by atoms with Crippen LogP contribution in [0.1, 0.15) is 32.1 Å². The van der Waals surface area contributed by atoms with Gasteiger partial charge in [0.15, 0.2) is 0 Å². The fraction of sp³-hybridized carbons (Fsp3) is 0.571. The predicted octanol–water partition coefficient (Wildman–Crippen LogP) is 3.38. The van der Waals surface area contributed by atoms with Crippen LogP contribution in [0.25, 0.3) is 0 Å². The fourth-order valence-corrected chi connectivity index (χ4v) is 3.41. The zero-order valence-corrected chi connectivity index (χ0v) is 12.0. The molecular weight excluding hydrogens is 261 g/mol. The maximum Gasteiger partial charge on any atom is 0.390 e.